The number of piperidine rings is 1. The molecule has 1 unspecified atom stereocenters. The summed E-state index contributed by atoms with van der Waals surface area (Å²) in [4.78, 5) is 86.5. The maximum atomic E-state index is 15.4. The lowest BCUT2D eigenvalue weighted by atomic mass is 9.80. The second-order valence-electron chi connectivity index (χ2n) is 23.2. The third kappa shape index (κ3) is 10.6. The topological polar surface area (TPSA) is 174 Å². The fraction of sp³-hybridized carbons (Fsp3) is 0.649. The molecule has 0 saturated carbocycles. The standard InChI is InChI=1S/C57H82N10O8S/c1-11-46(68)64-26-27-65(12-2)56(34-64)20-24-62(25-21-56)54(72)61(9)48(37(4)5)50(69)59-52-57(36-76-52)31-40-33-63(28-29-74-40)39-18-19-45-42(30-39)43(49(66(45)13-3)41-16-14-22-58-47(41)38(6)73-10)32-55(7,8)35-75-51(70)44-17-15-23-67(60-44)53(57)71/h11,14,16,18-19,22,30,37-38,40,44,48,52,60H,1,12-13,15,17,20-21,23-29,31-36H2,2-10H3,(H,59,69)/t38-,40-,44-,48-,52+,57?/m0/s1. The lowest BCUT2D eigenvalue weighted by molar-refractivity contribution is -0.159. The molecule has 3 aromatic rings. The number of carbonyl (C=O) groups excluding carboxylic acids is 5. The number of hydrazine groups is 1. The monoisotopic (exact) mass is 1070 g/mol. The Morgan fingerprint density at radius 2 is 1.82 bits per heavy atom. The summed E-state index contributed by atoms with van der Waals surface area (Å²) in [7, 11) is 3.40. The van der Waals surface area contributed by atoms with Crippen molar-refractivity contribution in [3.05, 3.63) is 60.4 Å². The van der Waals surface area contributed by atoms with Crippen LogP contribution < -0.4 is 15.6 Å². The molecule has 76 heavy (non-hydrogen) atoms. The fourth-order valence-corrected chi connectivity index (χ4v) is 14.5. The second kappa shape index (κ2) is 22.6. The Kier molecular flexibility index (Phi) is 16.5. The summed E-state index contributed by atoms with van der Waals surface area (Å²) in [6, 6.07) is 8.97. The first-order valence-corrected chi connectivity index (χ1v) is 28.8. The van der Waals surface area contributed by atoms with Crippen molar-refractivity contribution in [2.75, 3.05) is 96.9 Å². The van der Waals surface area contributed by atoms with Gasteiger partial charge in [-0.1, -0.05) is 41.2 Å². The number of rotatable bonds is 10. The van der Waals surface area contributed by atoms with Gasteiger partial charge in [-0.15, -0.1) is 11.8 Å². The molecule has 9 rings (SSSR count). The zero-order valence-corrected chi connectivity index (χ0v) is 47.2. The fourth-order valence-electron chi connectivity index (χ4n) is 13.1. The number of morpholine rings is 1. The number of likely N-dealkylation sites (N-methyl/N-ethyl adjacent to an activating group) is 2. The Hall–Kier alpha value is -5.21. The summed E-state index contributed by atoms with van der Waals surface area (Å²) in [6.45, 7) is 24.9. The minimum absolute atomic E-state index is 0.0719. The van der Waals surface area contributed by atoms with Crippen molar-refractivity contribution in [3.63, 3.8) is 0 Å². The quantitative estimate of drug-likeness (QED) is 0.177. The van der Waals surface area contributed by atoms with E-state index in [0.717, 1.165) is 52.2 Å². The number of pyridine rings is 1. The highest BCUT2D eigenvalue weighted by atomic mass is 32.2. The molecule has 5 amide bonds. The van der Waals surface area contributed by atoms with E-state index in [0.29, 0.717) is 103 Å². The van der Waals surface area contributed by atoms with Gasteiger partial charge in [0.25, 0.3) is 0 Å². The number of nitrogens with one attached hydrogen (secondary N) is 2. The zero-order valence-electron chi connectivity index (χ0n) is 46.4. The first-order valence-electron chi connectivity index (χ1n) is 27.7. The number of hydrogen-bond acceptors (Lipinski definition) is 13. The molecule has 8 heterocycles. The van der Waals surface area contributed by atoms with Gasteiger partial charge in [0.15, 0.2) is 0 Å². The Labute approximate surface area is 453 Å². The van der Waals surface area contributed by atoms with Crippen LogP contribution in [0.25, 0.3) is 22.2 Å². The van der Waals surface area contributed by atoms with Crippen LogP contribution >= 0.6 is 11.8 Å². The molecule has 18 nitrogen and oxygen atoms in total. The highest BCUT2D eigenvalue weighted by Crippen LogP contribution is 2.50. The number of aryl methyl sites for hydroxylation is 1. The summed E-state index contributed by atoms with van der Waals surface area (Å²) in [5.41, 5.74) is 7.69. The molecule has 19 heteroatoms. The van der Waals surface area contributed by atoms with Crippen LogP contribution in [0.1, 0.15) is 97.9 Å². The molecule has 6 atom stereocenters. The minimum Gasteiger partial charge on any atom is -0.464 e. The van der Waals surface area contributed by atoms with Gasteiger partial charge in [0.2, 0.25) is 17.7 Å². The average molecular weight is 1070 g/mol. The molecule has 5 fully saturated rings. The van der Waals surface area contributed by atoms with E-state index in [1.807, 2.05) is 42.8 Å². The molecule has 0 aliphatic carbocycles. The SMILES string of the molecule is C=CC(=O)N1CCN(CC)C2(CCN(C(=O)N(C)[C@H](C(=O)N[C@@H]3SCC34C[C@H]3CN(CCO3)c3ccc5c(c3)c(c(-c3cccnc3[C@H](C)OC)n5CC)CC(C)(C)COC(=O)[C@@H]3CCCN(N3)C4=O)C(C)C)CC2)C1. The highest BCUT2D eigenvalue weighted by molar-refractivity contribution is 8.01. The summed E-state index contributed by atoms with van der Waals surface area (Å²) < 4.78 is 21.1. The second-order valence-corrected chi connectivity index (χ2v) is 24.2. The van der Waals surface area contributed by atoms with Crippen LogP contribution in [-0.2, 0) is 46.4 Å². The minimum atomic E-state index is -1.09. The van der Waals surface area contributed by atoms with Gasteiger partial charge in [0, 0.05) is 118 Å². The first-order chi connectivity index (χ1) is 36.4. The van der Waals surface area contributed by atoms with E-state index >= 15 is 4.79 Å². The summed E-state index contributed by atoms with van der Waals surface area (Å²) in [5.74, 6) is -0.829. The summed E-state index contributed by atoms with van der Waals surface area (Å²) in [6.07, 6.45) is 6.00. The zero-order chi connectivity index (χ0) is 54.3. The van der Waals surface area contributed by atoms with E-state index in [1.54, 1.807) is 24.1 Å². The molecule has 1 aromatic carbocycles. The van der Waals surface area contributed by atoms with Crippen LogP contribution in [-0.4, -0.2) is 185 Å². The number of benzene rings is 1. The van der Waals surface area contributed by atoms with Gasteiger partial charge < -0.3 is 43.7 Å². The van der Waals surface area contributed by atoms with Gasteiger partial charge in [-0.2, -0.15) is 0 Å². The van der Waals surface area contributed by atoms with E-state index in [1.165, 1.54) is 17.8 Å². The van der Waals surface area contributed by atoms with Crippen LogP contribution in [0.3, 0.4) is 0 Å². The van der Waals surface area contributed by atoms with Gasteiger partial charge in [0.05, 0.1) is 47.6 Å². The Morgan fingerprint density at radius 3 is 2.50 bits per heavy atom. The van der Waals surface area contributed by atoms with Crippen LogP contribution in [0.5, 0.6) is 0 Å². The van der Waals surface area contributed by atoms with Crippen LogP contribution in [0, 0.1) is 16.7 Å². The Morgan fingerprint density at radius 1 is 1.04 bits per heavy atom. The van der Waals surface area contributed by atoms with Crippen molar-refractivity contribution in [1.82, 2.24) is 44.9 Å². The molecule has 5 saturated heterocycles. The number of likely N-dealkylation sites (tertiary alicyclic amines) is 1. The predicted octanol–water partition coefficient (Wildman–Crippen LogP) is 6.08. The van der Waals surface area contributed by atoms with Crippen molar-refractivity contribution in [1.29, 1.82) is 0 Å². The number of urea groups is 1. The molecule has 2 spiro atoms. The number of nitrogens with zero attached hydrogens (tertiary/aromatic N) is 8. The van der Waals surface area contributed by atoms with Crippen LogP contribution in [0.4, 0.5) is 10.5 Å². The Balaban J connectivity index is 1.00. The van der Waals surface area contributed by atoms with Gasteiger partial charge >= 0.3 is 12.0 Å². The van der Waals surface area contributed by atoms with Crippen LogP contribution in [0.15, 0.2) is 49.2 Å². The van der Waals surface area contributed by atoms with E-state index in [4.69, 9.17) is 19.2 Å². The van der Waals surface area contributed by atoms with Crippen molar-refractivity contribution < 1.29 is 38.2 Å². The normalized spacial score (nSPS) is 25.9. The predicted molar refractivity (Wildman–Crippen MR) is 295 cm³/mol. The number of thioether (sulfide) groups is 1. The third-order valence-corrected chi connectivity index (χ3v) is 18.9. The molecule has 6 aliphatic heterocycles. The lowest BCUT2D eigenvalue weighted by Gasteiger charge is -2.54. The first kappa shape index (κ1) is 55.5. The maximum absolute atomic E-state index is 15.4. The molecular weight excluding hydrogens is 985 g/mol. The average Bonchev–Trinajstić information content (AvgIpc) is 3.81. The third-order valence-electron chi connectivity index (χ3n) is 17.3. The van der Waals surface area contributed by atoms with E-state index < -0.39 is 34.3 Å². The number of esters is 1. The number of amides is 5. The number of hydrogen-bond donors (Lipinski definition) is 2. The van der Waals surface area contributed by atoms with Crippen molar-refractivity contribution in [2.45, 2.75) is 129 Å². The lowest BCUT2D eigenvalue weighted by Crippen LogP contribution is -2.69. The summed E-state index contributed by atoms with van der Waals surface area (Å²) in [5, 5.41) is 5.37. The van der Waals surface area contributed by atoms with Gasteiger partial charge in [-0.25, -0.2) is 10.2 Å². The van der Waals surface area contributed by atoms with Gasteiger partial charge in [0.1, 0.15) is 12.1 Å². The number of piperazine rings is 1. The molecule has 2 N–H and O–H groups in total. The van der Waals surface area contributed by atoms with Crippen molar-refractivity contribution in [3.8, 4) is 11.3 Å². The van der Waals surface area contributed by atoms with Crippen molar-refractivity contribution >= 4 is 58.1 Å². The molecule has 6 bridgehead atoms. The smallest absolute Gasteiger partial charge is 0.324 e. The number of fused-ring (bicyclic) bond motifs is 6. The summed E-state index contributed by atoms with van der Waals surface area (Å²) >= 11 is 1.51. The largest absolute Gasteiger partial charge is 0.464 e. The number of anilines is 1. The molecular formula is C57H82N10O8S. The molecule has 2 aromatic heterocycles. The van der Waals surface area contributed by atoms with Crippen molar-refractivity contribution in [2.24, 2.45) is 16.7 Å². The number of carbonyl (C=O) groups is 5. The van der Waals surface area contributed by atoms with E-state index in [9.17, 15) is 19.2 Å². The molecule has 0 radical (unpaired) electrons. The Bertz CT molecular complexity index is 2670. The number of ether oxygens (including phenoxy) is 3. The maximum Gasteiger partial charge on any atom is 0.324 e. The highest BCUT2D eigenvalue weighted by Gasteiger charge is 2.58. The number of methoxy groups -OCH3 is 1. The number of aromatic nitrogens is 2. The molecule has 6 aliphatic rings. The molecule has 414 valence electrons. The van der Waals surface area contributed by atoms with Gasteiger partial charge in [-0.05, 0) is 107 Å². The van der Waals surface area contributed by atoms with Crippen LogP contribution in [0.2, 0.25) is 0 Å². The van der Waals surface area contributed by atoms with E-state index in [-0.39, 0.29) is 54.0 Å². The number of cyclic esters (lactones) is 1. The van der Waals surface area contributed by atoms with Gasteiger partial charge in [-0.3, -0.25) is 34.1 Å². The van der Waals surface area contributed by atoms with E-state index in [2.05, 4.69) is 83.6 Å².